The van der Waals surface area contributed by atoms with Crippen molar-refractivity contribution in [3.8, 4) is 0 Å². The van der Waals surface area contributed by atoms with Crippen molar-refractivity contribution in [1.82, 2.24) is 0 Å². The Morgan fingerprint density at radius 3 is 0.969 bits per heavy atom. The van der Waals surface area contributed by atoms with Crippen LogP contribution in [0.3, 0.4) is 0 Å². The van der Waals surface area contributed by atoms with Gasteiger partial charge in [0.2, 0.25) is 0 Å². The molecule has 0 rings (SSSR count). The fraction of sp³-hybridized carbons (Fsp3) is 0.712. The average Bonchev–Trinajstić information content (AvgIpc) is 3.30. The summed E-state index contributed by atoms with van der Waals surface area (Å²) in [5, 5.41) is 0. The molecule has 0 heterocycles. The van der Waals surface area contributed by atoms with E-state index in [9.17, 15) is 14.4 Å². The lowest BCUT2D eigenvalue weighted by Crippen LogP contribution is -2.30. The second-order valence-electron chi connectivity index (χ2n) is 17.8. The van der Waals surface area contributed by atoms with Gasteiger partial charge in [0.25, 0.3) is 0 Å². The monoisotopic (exact) mass is 905 g/mol. The van der Waals surface area contributed by atoms with E-state index in [1.807, 2.05) is 0 Å². The third-order valence-electron chi connectivity index (χ3n) is 11.4. The van der Waals surface area contributed by atoms with Gasteiger partial charge in [0.1, 0.15) is 13.2 Å². The lowest BCUT2D eigenvalue weighted by molar-refractivity contribution is -0.167. The summed E-state index contributed by atoms with van der Waals surface area (Å²) in [6.45, 7) is 6.47. The molecule has 65 heavy (non-hydrogen) atoms. The van der Waals surface area contributed by atoms with Crippen molar-refractivity contribution in [3.05, 3.63) is 85.1 Å². The lowest BCUT2D eigenvalue weighted by atomic mass is 10.1. The first-order valence-corrected chi connectivity index (χ1v) is 27.1. The van der Waals surface area contributed by atoms with E-state index >= 15 is 0 Å². The molecular formula is C59H100O6. The van der Waals surface area contributed by atoms with Gasteiger partial charge in [-0.2, -0.15) is 0 Å². The SMILES string of the molecule is CC/C=C\C/C=C\C/C=C\C/C=C\C/C=C\C/C=C\CCCCCCC(=O)OCC(COC(=O)CCCCCCCCCCCCC)OC(=O)CCCCCCC/C=C\CCCCCC. The minimum atomic E-state index is -0.789. The average molecular weight is 905 g/mol. The second kappa shape index (κ2) is 53.2. The molecule has 0 saturated carbocycles. The summed E-state index contributed by atoms with van der Waals surface area (Å²) < 4.78 is 16.8. The summed E-state index contributed by atoms with van der Waals surface area (Å²) in [5.74, 6) is -0.921. The Balaban J connectivity index is 4.38. The molecule has 1 atom stereocenters. The first-order valence-electron chi connectivity index (χ1n) is 27.1. The van der Waals surface area contributed by atoms with Crippen LogP contribution in [0.15, 0.2) is 85.1 Å². The van der Waals surface area contributed by atoms with E-state index in [1.165, 1.54) is 89.9 Å². The summed E-state index contributed by atoms with van der Waals surface area (Å²) in [4.78, 5) is 38.0. The highest BCUT2D eigenvalue weighted by molar-refractivity contribution is 5.71. The molecule has 0 radical (unpaired) electrons. The number of hydrogen-bond acceptors (Lipinski definition) is 6. The summed E-state index contributed by atoms with van der Waals surface area (Å²) in [6, 6.07) is 0. The van der Waals surface area contributed by atoms with Crippen LogP contribution in [-0.4, -0.2) is 37.2 Å². The first kappa shape index (κ1) is 61.6. The maximum atomic E-state index is 12.8. The van der Waals surface area contributed by atoms with Crippen LogP contribution < -0.4 is 0 Å². The molecule has 0 spiro atoms. The number of rotatable bonds is 48. The molecule has 0 amide bonds. The van der Waals surface area contributed by atoms with E-state index in [1.54, 1.807) is 0 Å². The summed E-state index contributed by atoms with van der Waals surface area (Å²) in [6.07, 6.45) is 68.5. The Bertz CT molecular complexity index is 1270. The molecule has 0 N–H and O–H groups in total. The van der Waals surface area contributed by atoms with Gasteiger partial charge in [0.05, 0.1) is 0 Å². The van der Waals surface area contributed by atoms with Gasteiger partial charge in [-0.25, -0.2) is 0 Å². The molecule has 6 heteroatoms. The molecule has 0 aromatic rings. The minimum Gasteiger partial charge on any atom is -0.462 e. The van der Waals surface area contributed by atoms with E-state index in [4.69, 9.17) is 14.2 Å². The van der Waals surface area contributed by atoms with E-state index in [0.717, 1.165) is 122 Å². The van der Waals surface area contributed by atoms with E-state index in [2.05, 4.69) is 106 Å². The maximum Gasteiger partial charge on any atom is 0.306 e. The molecule has 0 aliphatic carbocycles. The Morgan fingerprint density at radius 1 is 0.323 bits per heavy atom. The topological polar surface area (TPSA) is 78.9 Å². The van der Waals surface area contributed by atoms with Gasteiger partial charge in [-0.15, -0.1) is 0 Å². The fourth-order valence-corrected chi connectivity index (χ4v) is 7.32. The van der Waals surface area contributed by atoms with Crippen LogP contribution in [0.25, 0.3) is 0 Å². The Labute approximate surface area is 401 Å². The zero-order valence-electron chi connectivity index (χ0n) is 42.5. The number of esters is 3. The van der Waals surface area contributed by atoms with Gasteiger partial charge in [0.15, 0.2) is 6.10 Å². The predicted octanol–water partition coefficient (Wildman–Crippen LogP) is 18.0. The Kier molecular flexibility index (Phi) is 50.4. The molecule has 0 aromatic carbocycles. The predicted molar refractivity (Wildman–Crippen MR) is 279 cm³/mol. The zero-order chi connectivity index (χ0) is 47.2. The molecule has 0 saturated heterocycles. The van der Waals surface area contributed by atoms with Crippen LogP contribution in [-0.2, 0) is 28.6 Å². The highest BCUT2D eigenvalue weighted by Gasteiger charge is 2.19. The van der Waals surface area contributed by atoms with Crippen molar-refractivity contribution in [2.75, 3.05) is 13.2 Å². The maximum absolute atomic E-state index is 12.8. The molecule has 0 bridgehead atoms. The fourth-order valence-electron chi connectivity index (χ4n) is 7.32. The number of carbonyl (C=O) groups is 3. The van der Waals surface area contributed by atoms with Gasteiger partial charge in [-0.05, 0) is 96.3 Å². The first-order chi connectivity index (χ1) is 32.0. The van der Waals surface area contributed by atoms with Crippen LogP contribution in [0.2, 0.25) is 0 Å². The van der Waals surface area contributed by atoms with E-state index in [0.29, 0.717) is 19.3 Å². The normalized spacial score (nSPS) is 12.7. The van der Waals surface area contributed by atoms with Crippen molar-refractivity contribution in [2.24, 2.45) is 0 Å². The van der Waals surface area contributed by atoms with Crippen molar-refractivity contribution in [3.63, 3.8) is 0 Å². The van der Waals surface area contributed by atoms with Crippen LogP contribution in [0.1, 0.15) is 252 Å². The molecular weight excluding hydrogens is 805 g/mol. The Morgan fingerprint density at radius 2 is 0.600 bits per heavy atom. The third-order valence-corrected chi connectivity index (χ3v) is 11.4. The van der Waals surface area contributed by atoms with Gasteiger partial charge in [0, 0.05) is 19.3 Å². The number of hydrogen-bond donors (Lipinski definition) is 0. The number of allylic oxidation sites excluding steroid dienone is 14. The lowest BCUT2D eigenvalue weighted by Gasteiger charge is -2.18. The molecule has 0 aliphatic rings. The van der Waals surface area contributed by atoms with Gasteiger partial charge in [-0.1, -0.05) is 221 Å². The van der Waals surface area contributed by atoms with Gasteiger partial charge in [-0.3, -0.25) is 14.4 Å². The zero-order valence-corrected chi connectivity index (χ0v) is 42.5. The standard InChI is InChI=1S/C59H100O6/c1-4-7-10-13-16-19-22-24-25-26-27-28-29-30-31-32-33-35-37-40-43-46-49-52-58(61)64-55-56(54-63-57(60)51-48-45-42-39-36-21-18-15-12-9-6-3)65-59(62)53-50-47-44-41-38-34-23-20-17-14-11-8-5-2/h7,10,16,19-20,23-25,27-28,30-31,33,35,56H,4-6,8-9,11-15,17-18,21-22,26,29,32,34,36-55H2,1-3H3/b10-7-,19-16-,23-20-,25-24-,28-27-,31-30-,35-33-. The van der Waals surface area contributed by atoms with E-state index < -0.39 is 6.10 Å². The molecule has 0 aromatic heterocycles. The smallest absolute Gasteiger partial charge is 0.306 e. The van der Waals surface area contributed by atoms with Gasteiger partial charge >= 0.3 is 17.9 Å². The van der Waals surface area contributed by atoms with Crippen LogP contribution in [0, 0.1) is 0 Å². The number of unbranched alkanes of at least 4 members (excludes halogenated alkanes) is 23. The number of ether oxygens (including phenoxy) is 3. The summed E-state index contributed by atoms with van der Waals surface area (Å²) in [5.41, 5.74) is 0. The quantitative estimate of drug-likeness (QED) is 0.0262. The second-order valence-corrected chi connectivity index (χ2v) is 17.8. The Hall–Kier alpha value is -3.41. The van der Waals surface area contributed by atoms with Crippen molar-refractivity contribution in [1.29, 1.82) is 0 Å². The van der Waals surface area contributed by atoms with Crippen LogP contribution in [0.5, 0.6) is 0 Å². The minimum absolute atomic E-state index is 0.0867. The molecule has 372 valence electrons. The largest absolute Gasteiger partial charge is 0.462 e. The van der Waals surface area contributed by atoms with Gasteiger partial charge < -0.3 is 14.2 Å². The molecule has 0 fully saturated rings. The van der Waals surface area contributed by atoms with Crippen molar-refractivity contribution in [2.45, 2.75) is 258 Å². The van der Waals surface area contributed by atoms with Crippen LogP contribution >= 0.6 is 0 Å². The molecule has 6 nitrogen and oxygen atoms in total. The van der Waals surface area contributed by atoms with Crippen molar-refractivity contribution >= 4 is 17.9 Å². The van der Waals surface area contributed by atoms with Crippen LogP contribution in [0.4, 0.5) is 0 Å². The molecule has 1 unspecified atom stereocenters. The highest BCUT2D eigenvalue weighted by atomic mass is 16.6. The summed E-state index contributed by atoms with van der Waals surface area (Å²) >= 11 is 0. The third kappa shape index (κ3) is 51.4. The number of carbonyl (C=O) groups excluding carboxylic acids is 3. The molecule has 0 aliphatic heterocycles. The summed E-state index contributed by atoms with van der Waals surface area (Å²) in [7, 11) is 0. The van der Waals surface area contributed by atoms with Crippen molar-refractivity contribution < 1.29 is 28.6 Å². The van der Waals surface area contributed by atoms with E-state index in [-0.39, 0.29) is 31.1 Å². The highest BCUT2D eigenvalue weighted by Crippen LogP contribution is 2.14.